The van der Waals surface area contributed by atoms with Crippen molar-refractivity contribution >= 4 is 29.9 Å². The van der Waals surface area contributed by atoms with Gasteiger partial charge in [0.2, 0.25) is 0 Å². The van der Waals surface area contributed by atoms with Crippen LogP contribution in [-0.2, 0) is 0 Å². The van der Waals surface area contributed by atoms with Gasteiger partial charge in [0.25, 0.3) is 0 Å². The molecule has 126 valence electrons. The first-order valence-electron chi connectivity index (χ1n) is 7.56. The van der Waals surface area contributed by atoms with Gasteiger partial charge in [-0.25, -0.2) is 0 Å². The lowest BCUT2D eigenvalue weighted by Gasteiger charge is -2.62. The van der Waals surface area contributed by atoms with E-state index in [9.17, 15) is 0 Å². The van der Waals surface area contributed by atoms with Crippen LogP contribution in [-0.4, -0.2) is 62.1 Å². The third-order valence-electron chi connectivity index (χ3n) is 4.82. The number of rotatable bonds is 4. The van der Waals surface area contributed by atoms with Crippen molar-refractivity contribution in [1.82, 2.24) is 15.1 Å². The van der Waals surface area contributed by atoms with E-state index in [0.29, 0.717) is 5.41 Å². The summed E-state index contributed by atoms with van der Waals surface area (Å²) in [5, 5.41) is 3.56. The number of nitrogens with zero attached hydrogens (tertiary/aromatic N) is 3. The summed E-state index contributed by atoms with van der Waals surface area (Å²) in [7, 11) is 6.12. The van der Waals surface area contributed by atoms with E-state index >= 15 is 0 Å². The Morgan fingerprint density at radius 3 is 2.10 bits per heavy atom. The van der Waals surface area contributed by atoms with Crippen LogP contribution in [0.3, 0.4) is 0 Å². The molecule has 1 N–H and O–H groups in total. The minimum Gasteiger partial charge on any atom is -0.356 e. The third kappa shape index (κ3) is 4.71. The van der Waals surface area contributed by atoms with E-state index in [1.165, 1.54) is 0 Å². The molecule has 0 saturated carbocycles. The van der Waals surface area contributed by atoms with Crippen LogP contribution in [0.5, 0.6) is 0 Å². The second-order valence-corrected chi connectivity index (χ2v) is 8.33. The molecule has 21 heavy (non-hydrogen) atoms. The molecule has 0 bridgehead atoms. The molecule has 1 saturated heterocycles. The van der Waals surface area contributed by atoms with Crippen molar-refractivity contribution in [2.75, 3.05) is 40.8 Å². The fraction of sp³-hybridized carbons (Fsp3) is 0.938. The third-order valence-corrected chi connectivity index (χ3v) is 4.82. The molecule has 0 aliphatic carbocycles. The fourth-order valence-electron chi connectivity index (χ4n) is 2.93. The maximum Gasteiger partial charge on any atom is 0.194 e. The average molecular weight is 410 g/mol. The summed E-state index contributed by atoms with van der Waals surface area (Å²) in [5.74, 6) is 1.03. The zero-order chi connectivity index (χ0) is 15.8. The van der Waals surface area contributed by atoms with Gasteiger partial charge in [0.05, 0.1) is 0 Å². The Morgan fingerprint density at radius 1 is 1.24 bits per heavy atom. The van der Waals surface area contributed by atoms with Crippen molar-refractivity contribution in [3.63, 3.8) is 0 Å². The van der Waals surface area contributed by atoms with E-state index < -0.39 is 0 Å². The van der Waals surface area contributed by atoms with Gasteiger partial charge in [-0.2, -0.15) is 0 Å². The van der Waals surface area contributed by atoms with Crippen molar-refractivity contribution in [2.24, 2.45) is 15.8 Å². The first-order chi connectivity index (χ1) is 8.93. The summed E-state index contributed by atoms with van der Waals surface area (Å²) in [5.41, 5.74) is 0.717. The lowest BCUT2D eigenvalue weighted by molar-refractivity contribution is -0.0670. The van der Waals surface area contributed by atoms with Gasteiger partial charge >= 0.3 is 0 Å². The van der Waals surface area contributed by atoms with E-state index in [1.54, 1.807) is 0 Å². The van der Waals surface area contributed by atoms with Gasteiger partial charge in [-0.15, -0.1) is 24.0 Å². The normalized spacial score (nSPS) is 20.9. The van der Waals surface area contributed by atoms with E-state index in [-0.39, 0.29) is 34.9 Å². The quantitative estimate of drug-likeness (QED) is 0.439. The Bertz CT molecular complexity index is 372. The first kappa shape index (κ1) is 21.0. The number of guanidine groups is 1. The molecule has 0 aromatic carbocycles. The summed E-state index contributed by atoms with van der Waals surface area (Å²) < 4.78 is 0. The molecule has 0 radical (unpaired) electrons. The standard InChI is InChI=1S/C16H34N4.HI/c1-14(2,11-19(8)9)10-18-13(17-7)20-12-15(3,4)16(20,5)6;/h10-12H2,1-9H3,(H,17,18);1H. The predicted molar refractivity (Wildman–Crippen MR) is 104 cm³/mol. The van der Waals surface area contributed by atoms with E-state index in [2.05, 4.69) is 75.7 Å². The number of hydrogen-bond acceptors (Lipinski definition) is 2. The van der Waals surface area contributed by atoms with Crippen LogP contribution in [0.25, 0.3) is 0 Å². The highest BCUT2D eigenvalue weighted by Crippen LogP contribution is 2.46. The summed E-state index contributed by atoms with van der Waals surface area (Å²) in [6, 6.07) is 0. The summed E-state index contributed by atoms with van der Waals surface area (Å²) in [6.45, 7) is 16.9. The van der Waals surface area contributed by atoms with Gasteiger partial charge in [0.1, 0.15) is 0 Å². The van der Waals surface area contributed by atoms with Gasteiger partial charge in [-0.05, 0) is 33.4 Å². The molecule has 1 fully saturated rings. The molecular weight excluding hydrogens is 375 g/mol. The lowest BCUT2D eigenvalue weighted by atomic mass is 9.65. The summed E-state index contributed by atoms with van der Waals surface area (Å²) >= 11 is 0. The topological polar surface area (TPSA) is 30.9 Å². The summed E-state index contributed by atoms with van der Waals surface area (Å²) in [6.07, 6.45) is 0. The Morgan fingerprint density at radius 2 is 1.76 bits per heavy atom. The SMILES string of the molecule is CN=C(NCC(C)(C)CN(C)C)N1CC(C)(C)C1(C)C.I. The number of likely N-dealkylation sites (tertiary alicyclic amines) is 1. The maximum atomic E-state index is 4.47. The first-order valence-corrected chi connectivity index (χ1v) is 7.56. The number of nitrogens with one attached hydrogen (secondary N) is 1. The second kappa shape index (κ2) is 7.02. The highest BCUT2D eigenvalue weighted by atomic mass is 127. The lowest BCUT2D eigenvalue weighted by Crippen LogP contribution is -2.72. The predicted octanol–water partition coefficient (Wildman–Crippen LogP) is 2.89. The largest absolute Gasteiger partial charge is 0.356 e. The Kier molecular flexibility index (Phi) is 7.01. The van der Waals surface area contributed by atoms with Crippen molar-refractivity contribution < 1.29 is 0 Å². The Balaban J connectivity index is 0.00000400. The van der Waals surface area contributed by atoms with Crippen molar-refractivity contribution in [1.29, 1.82) is 0 Å². The molecule has 0 atom stereocenters. The fourth-order valence-corrected chi connectivity index (χ4v) is 2.93. The molecule has 1 aliphatic rings. The zero-order valence-electron chi connectivity index (χ0n) is 15.4. The van der Waals surface area contributed by atoms with Crippen LogP contribution in [0.15, 0.2) is 4.99 Å². The van der Waals surface area contributed by atoms with Crippen molar-refractivity contribution in [3.05, 3.63) is 0 Å². The Labute approximate surface area is 148 Å². The van der Waals surface area contributed by atoms with Gasteiger partial charge in [-0.3, -0.25) is 4.99 Å². The molecule has 0 amide bonds. The Hall–Kier alpha value is -0.0400. The van der Waals surface area contributed by atoms with Gasteiger partial charge < -0.3 is 15.1 Å². The number of hydrogen-bond donors (Lipinski definition) is 1. The van der Waals surface area contributed by atoms with Gasteiger partial charge in [-0.1, -0.05) is 27.7 Å². The van der Waals surface area contributed by atoms with Crippen LogP contribution >= 0.6 is 24.0 Å². The highest BCUT2D eigenvalue weighted by molar-refractivity contribution is 14.0. The molecule has 1 aliphatic heterocycles. The highest BCUT2D eigenvalue weighted by Gasteiger charge is 2.53. The molecule has 5 heteroatoms. The van der Waals surface area contributed by atoms with Crippen LogP contribution in [0.4, 0.5) is 0 Å². The zero-order valence-corrected chi connectivity index (χ0v) is 17.7. The van der Waals surface area contributed by atoms with E-state index in [4.69, 9.17) is 0 Å². The van der Waals surface area contributed by atoms with Crippen molar-refractivity contribution in [2.45, 2.75) is 47.1 Å². The molecular formula is C16H35IN4. The monoisotopic (exact) mass is 410 g/mol. The average Bonchev–Trinajstić information content (AvgIpc) is 2.26. The van der Waals surface area contributed by atoms with Crippen molar-refractivity contribution in [3.8, 4) is 0 Å². The number of halogens is 1. The van der Waals surface area contributed by atoms with Crippen LogP contribution in [0.2, 0.25) is 0 Å². The minimum absolute atomic E-state index is 0. The second-order valence-electron chi connectivity index (χ2n) is 8.33. The molecule has 1 rings (SSSR count). The van der Waals surface area contributed by atoms with Crippen LogP contribution < -0.4 is 5.32 Å². The van der Waals surface area contributed by atoms with Crippen LogP contribution in [0.1, 0.15) is 41.5 Å². The maximum absolute atomic E-state index is 4.47. The smallest absolute Gasteiger partial charge is 0.194 e. The molecule has 1 heterocycles. The summed E-state index contributed by atoms with van der Waals surface area (Å²) in [4.78, 5) is 9.10. The van der Waals surface area contributed by atoms with E-state index in [1.807, 2.05) is 7.05 Å². The van der Waals surface area contributed by atoms with Gasteiger partial charge in [0.15, 0.2) is 5.96 Å². The van der Waals surface area contributed by atoms with E-state index in [0.717, 1.165) is 25.6 Å². The molecule has 0 spiro atoms. The van der Waals surface area contributed by atoms with Gasteiger partial charge in [0, 0.05) is 37.6 Å². The molecule has 4 nitrogen and oxygen atoms in total. The molecule has 0 aromatic heterocycles. The van der Waals surface area contributed by atoms with Crippen LogP contribution in [0, 0.1) is 10.8 Å². The minimum atomic E-state index is 0. The molecule has 0 unspecified atom stereocenters. The number of aliphatic imine (C=N–C) groups is 1. The molecule has 0 aromatic rings.